The Bertz CT molecular complexity index is 325. The van der Waals surface area contributed by atoms with Crippen LogP contribution in [-0.4, -0.2) is 30.7 Å². The maximum absolute atomic E-state index is 12.7. The minimum Gasteiger partial charge on any atom is -0.432 e. The number of hydrogen-bond donors (Lipinski definition) is 0. The third-order valence-corrected chi connectivity index (χ3v) is 1.53. The molecule has 0 aromatic heterocycles. The molecule has 0 saturated heterocycles. The van der Waals surface area contributed by atoms with E-state index in [9.17, 15) is 31.1 Å². The predicted octanol–water partition coefficient (Wildman–Crippen LogP) is 2.96. The van der Waals surface area contributed by atoms with E-state index in [0.717, 1.165) is 6.92 Å². The number of ether oxygens (including phenoxy) is 2. The van der Waals surface area contributed by atoms with Crippen molar-refractivity contribution in [2.24, 2.45) is 0 Å². The van der Waals surface area contributed by atoms with Crippen LogP contribution in [0.4, 0.5) is 26.3 Å². The topological polar surface area (TPSA) is 35.5 Å². The van der Waals surface area contributed by atoms with Gasteiger partial charge >= 0.3 is 18.3 Å². The van der Waals surface area contributed by atoms with Gasteiger partial charge in [0.05, 0.1) is 0 Å². The Morgan fingerprint density at radius 3 is 2.00 bits per heavy atom. The number of alkyl halides is 6. The molecule has 2 atom stereocenters. The largest absolute Gasteiger partial charge is 0.432 e. The number of hydrogen-bond acceptors (Lipinski definition) is 3. The molecule has 0 spiro atoms. The lowest BCUT2D eigenvalue weighted by Crippen LogP contribution is -2.45. The van der Waals surface area contributed by atoms with Gasteiger partial charge in [0.25, 0.3) is 6.17 Å². The average molecular weight is 280 g/mol. The van der Waals surface area contributed by atoms with Crippen LogP contribution in [0.25, 0.3) is 0 Å². The molecule has 3 nitrogen and oxygen atoms in total. The van der Waals surface area contributed by atoms with E-state index < -0.39 is 30.7 Å². The molecule has 0 N–H and O–H groups in total. The van der Waals surface area contributed by atoms with E-state index in [4.69, 9.17) is 0 Å². The fraction of sp³-hybridized carbons (Fsp3) is 0.667. The molecule has 0 bridgehead atoms. The zero-order valence-corrected chi connectivity index (χ0v) is 9.35. The summed E-state index contributed by atoms with van der Waals surface area (Å²) in [5.74, 6) is -1.15. The molecule has 0 aliphatic heterocycles. The zero-order valence-electron chi connectivity index (χ0n) is 9.35. The van der Waals surface area contributed by atoms with Crippen molar-refractivity contribution < 1.29 is 40.6 Å². The molecule has 9 heteroatoms. The summed E-state index contributed by atoms with van der Waals surface area (Å²) in [7, 11) is 0. The van der Waals surface area contributed by atoms with Crippen LogP contribution in [0.5, 0.6) is 0 Å². The van der Waals surface area contributed by atoms with E-state index >= 15 is 0 Å². The van der Waals surface area contributed by atoms with Gasteiger partial charge in [-0.2, -0.15) is 22.0 Å². The van der Waals surface area contributed by atoms with Gasteiger partial charge in [-0.25, -0.2) is 9.18 Å². The van der Waals surface area contributed by atoms with Crippen LogP contribution in [0.3, 0.4) is 0 Å². The van der Waals surface area contributed by atoms with E-state index in [1.807, 2.05) is 0 Å². The first kappa shape index (κ1) is 16.8. The fourth-order valence-corrected chi connectivity index (χ4v) is 0.747. The molecule has 2 unspecified atom stereocenters. The molecular weight excluding hydrogens is 270 g/mol. The molecule has 0 aromatic rings. The third-order valence-electron chi connectivity index (χ3n) is 1.53. The van der Waals surface area contributed by atoms with Crippen molar-refractivity contribution in [3.63, 3.8) is 0 Å². The number of halogens is 6. The van der Waals surface area contributed by atoms with E-state index in [2.05, 4.69) is 16.1 Å². The summed E-state index contributed by atoms with van der Waals surface area (Å²) in [5, 5.41) is 0. The molecule has 0 saturated carbocycles. The summed E-state index contributed by atoms with van der Waals surface area (Å²) in [4.78, 5) is 10.8. The fourth-order valence-electron chi connectivity index (χ4n) is 0.747. The Balaban J connectivity index is 4.58. The molecule has 0 rings (SSSR count). The van der Waals surface area contributed by atoms with Crippen LogP contribution >= 0.6 is 0 Å². The highest BCUT2D eigenvalue weighted by molar-refractivity contribution is 5.86. The number of carbonyl (C=O) groups is 1. The lowest BCUT2D eigenvalue weighted by Gasteiger charge is -2.25. The summed E-state index contributed by atoms with van der Waals surface area (Å²) in [6, 6.07) is 0. The van der Waals surface area contributed by atoms with Crippen LogP contribution in [0.2, 0.25) is 0 Å². The van der Waals surface area contributed by atoms with Gasteiger partial charge in [-0.1, -0.05) is 6.58 Å². The Morgan fingerprint density at radius 1 is 1.22 bits per heavy atom. The summed E-state index contributed by atoms with van der Waals surface area (Å²) in [5.41, 5.74) is -0.179. The maximum Gasteiger partial charge on any atom is 0.428 e. The Labute approximate surface area is 98.4 Å². The molecule has 0 aliphatic rings. The van der Waals surface area contributed by atoms with Crippen molar-refractivity contribution in [2.75, 3.05) is 0 Å². The van der Waals surface area contributed by atoms with Crippen LogP contribution in [0.1, 0.15) is 13.8 Å². The van der Waals surface area contributed by atoms with Gasteiger partial charge in [-0.3, -0.25) is 4.74 Å². The summed E-state index contributed by atoms with van der Waals surface area (Å²) < 4.78 is 80.5. The predicted molar refractivity (Wildman–Crippen MR) is 47.4 cm³/mol. The average Bonchev–Trinajstić information content (AvgIpc) is 2.13. The molecule has 0 amide bonds. The van der Waals surface area contributed by atoms with E-state index in [0.29, 0.717) is 0 Å². The summed E-state index contributed by atoms with van der Waals surface area (Å²) >= 11 is 0. The lowest BCUT2D eigenvalue weighted by molar-refractivity contribution is -0.367. The van der Waals surface area contributed by atoms with Gasteiger partial charge < -0.3 is 4.74 Å². The quantitative estimate of drug-likeness (QED) is 0.336. The Hall–Kier alpha value is -1.25. The van der Waals surface area contributed by atoms with Crippen molar-refractivity contribution in [1.29, 1.82) is 0 Å². The molecule has 0 heterocycles. The van der Waals surface area contributed by atoms with Gasteiger partial charge in [0.2, 0.25) is 6.29 Å². The smallest absolute Gasteiger partial charge is 0.428 e. The van der Waals surface area contributed by atoms with E-state index in [1.54, 1.807) is 0 Å². The van der Waals surface area contributed by atoms with E-state index in [1.165, 1.54) is 6.92 Å². The number of rotatable bonds is 5. The Morgan fingerprint density at radius 2 is 1.67 bits per heavy atom. The van der Waals surface area contributed by atoms with Crippen molar-refractivity contribution in [1.82, 2.24) is 0 Å². The normalized spacial score (nSPS) is 16.0. The highest BCUT2D eigenvalue weighted by atomic mass is 19.4. The SMILES string of the molecule is C=C(C)C(=O)OC(C)OC(F)(F)C(F)C(F)(F)F. The van der Waals surface area contributed by atoms with Gasteiger partial charge in [0.1, 0.15) is 0 Å². The van der Waals surface area contributed by atoms with Gasteiger partial charge in [-0.15, -0.1) is 0 Å². The third kappa shape index (κ3) is 4.94. The standard InChI is InChI=1S/C9H10F6O3/c1-4(2)6(16)17-5(3)18-9(14,15)7(10)8(11,12)13/h5,7H,1H2,2-3H3. The first-order valence-electron chi connectivity index (χ1n) is 4.51. The minimum absolute atomic E-state index is 0.179. The maximum atomic E-state index is 12.7. The van der Waals surface area contributed by atoms with Gasteiger partial charge in [0.15, 0.2) is 0 Å². The minimum atomic E-state index is -5.79. The molecule has 0 radical (unpaired) electrons. The second-order valence-electron chi connectivity index (χ2n) is 3.34. The molecule has 18 heavy (non-hydrogen) atoms. The first-order chi connectivity index (χ1) is 7.88. The highest BCUT2D eigenvalue weighted by Gasteiger charge is 2.59. The summed E-state index contributed by atoms with van der Waals surface area (Å²) in [6.07, 6.45) is -17.5. The van der Waals surface area contributed by atoms with Crippen molar-refractivity contribution in [3.05, 3.63) is 12.2 Å². The van der Waals surface area contributed by atoms with Crippen molar-refractivity contribution in [2.45, 2.75) is 38.6 Å². The van der Waals surface area contributed by atoms with Crippen molar-refractivity contribution in [3.8, 4) is 0 Å². The zero-order chi connectivity index (χ0) is 14.7. The monoisotopic (exact) mass is 280 g/mol. The molecule has 106 valence electrons. The van der Waals surface area contributed by atoms with Gasteiger partial charge in [0, 0.05) is 5.57 Å². The summed E-state index contributed by atoms with van der Waals surface area (Å²) in [6.45, 7) is 5.01. The molecule has 0 fully saturated rings. The number of carbonyl (C=O) groups excluding carboxylic acids is 1. The van der Waals surface area contributed by atoms with Crippen LogP contribution < -0.4 is 0 Å². The lowest BCUT2D eigenvalue weighted by atomic mass is 10.3. The highest BCUT2D eigenvalue weighted by Crippen LogP contribution is 2.36. The molecule has 0 aliphatic carbocycles. The molecule has 0 aromatic carbocycles. The molecular formula is C9H10F6O3. The van der Waals surface area contributed by atoms with Crippen molar-refractivity contribution >= 4 is 5.97 Å². The van der Waals surface area contributed by atoms with Gasteiger partial charge in [-0.05, 0) is 13.8 Å². The Kier molecular flexibility index (Phi) is 5.21. The number of esters is 1. The van der Waals surface area contributed by atoms with Crippen LogP contribution in [-0.2, 0) is 14.3 Å². The first-order valence-corrected chi connectivity index (χ1v) is 4.51. The second-order valence-corrected chi connectivity index (χ2v) is 3.34. The van der Waals surface area contributed by atoms with Crippen LogP contribution in [0.15, 0.2) is 12.2 Å². The van der Waals surface area contributed by atoms with Crippen LogP contribution in [0, 0.1) is 0 Å². The van der Waals surface area contributed by atoms with E-state index in [-0.39, 0.29) is 5.57 Å². The second kappa shape index (κ2) is 5.59.